The van der Waals surface area contributed by atoms with Crippen molar-refractivity contribution >= 4 is 23.5 Å². The van der Waals surface area contributed by atoms with Gasteiger partial charge >= 0.3 is 11.9 Å². The Morgan fingerprint density at radius 3 is 2.19 bits per heavy atom. The number of methoxy groups -OCH3 is 2. The highest BCUT2D eigenvalue weighted by Crippen LogP contribution is 2.20. The van der Waals surface area contributed by atoms with Crippen molar-refractivity contribution in [3.8, 4) is 0 Å². The number of nitrogens with zero attached hydrogens (tertiary/aromatic N) is 1. The summed E-state index contributed by atoms with van der Waals surface area (Å²) in [5.41, 5.74) is 0.694. The molecular formula is C19H26N2O5. The van der Waals surface area contributed by atoms with Crippen molar-refractivity contribution in [3.05, 3.63) is 29.3 Å². The smallest absolute Gasteiger partial charge is 0.339 e. The number of esters is 2. The molecule has 2 rings (SSSR count). The Labute approximate surface area is 153 Å². The van der Waals surface area contributed by atoms with Gasteiger partial charge in [-0.1, -0.05) is 19.3 Å². The number of nitrogens with one attached hydrogen (secondary N) is 1. The van der Waals surface area contributed by atoms with Gasteiger partial charge in [0.05, 0.1) is 37.6 Å². The molecule has 0 aromatic heterocycles. The minimum Gasteiger partial charge on any atom is -0.465 e. The van der Waals surface area contributed by atoms with Crippen LogP contribution >= 0.6 is 0 Å². The van der Waals surface area contributed by atoms with E-state index in [-0.39, 0.29) is 29.3 Å². The van der Waals surface area contributed by atoms with E-state index in [9.17, 15) is 14.4 Å². The lowest BCUT2D eigenvalue weighted by molar-refractivity contribution is -0.117. The van der Waals surface area contributed by atoms with Gasteiger partial charge in [0.15, 0.2) is 0 Å². The van der Waals surface area contributed by atoms with Gasteiger partial charge < -0.3 is 14.8 Å². The first-order valence-corrected chi connectivity index (χ1v) is 8.88. The topological polar surface area (TPSA) is 84.9 Å². The average molecular weight is 362 g/mol. The Morgan fingerprint density at radius 2 is 1.58 bits per heavy atom. The van der Waals surface area contributed by atoms with Gasteiger partial charge in [-0.25, -0.2) is 9.59 Å². The second kappa shape index (κ2) is 9.91. The number of amides is 1. The van der Waals surface area contributed by atoms with E-state index in [2.05, 4.69) is 10.2 Å². The molecule has 1 amide bonds. The third-order valence-corrected chi connectivity index (χ3v) is 4.44. The molecule has 142 valence electrons. The molecule has 7 heteroatoms. The number of likely N-dealkylation sites (tertiary alicyclic amines) is 1. The lowest BCUT2D eigenvalue weighted by Gasteiger charge is -2.24. The van der Waals surface area contributed by atoms with Crippen molar-refractivity contribution in [3.63, 3.8) is 0 Å². The number of anilines is 1. The summed E-state index contributed by atoms with van der Waals surface area (Å²) in [6.45, 7) is 2.03. The zero-order chi connectivity index (χ0) is 18.9. The van der Waals surface area contributed by atoms with Gasteiger partial charge in [-0.05, 0) is 44.1 Å². The van der Waals surface area contributed by atoms with Gasteiger partial charge in [0.1, 0.15) is 0 Å². The zero-order valence-electron chi connectivity index (χ0n) is 15.4. The lowest BCUT2D eigenvalue weighted by Crippen LogP contribution is -2.35. The van der Waals surface area contributed by atoms with Crippen LogP contribution < -0.4 is 5.32 Å². The minimum absolute atomic E-state index is 0.196. The number of benzene rings is 1. The third kappa shape index (κ3) is 5.56. The molecule has 1 aliphatic heterocycles. The normalized spacial score (nSPS) is 15.5. The maximum absolute atomic E-state index is 12.5. The van der Waals surface area contributed by atoms with Crippen molar-refractivity contribution in [2.24, 2.45) is 0 Å². The van der Waals surface area contributed by atoms with Crippen LogP contribution in [0.2, 0.25) is 0 Å². The second-order valence-electron chi connectivity index (χ2n) is 6.34. The number of carbonyl (C=O) groups is 3. The fourth-order valence-corrected chi connectivity index (χ4v) is 3.04. The molecule has 0 saturated carbocycles. The Kier molecular flexibility index (Phi) is 7.59. The van der Waals surface area contributed by atoms with Crippen molar-refractivity contribution < 1.29 is 23.9 Å². The van der Waals surface area contributed by atoms with E-state index in [0.29, 0.717) is 0 Å². The largest absolute Gasteiger partial charge is 0.465 e. The molecule has 1 saturated heterocycles. The summed E-state index contributed by atoms with van der Waals surface area (Å²) in [6.07, 6.45) is 5.79. The highest BCUT2D eigenvalue weighted by Gasteiger charge is 2.19. The summed E-state index contributed by atoms with van der Waals surface area (Å²) in [6, 6.07) is 4.35. The second-order valence-corrected chi connectivity index (χ2v) is 6.34. The summed E-state index contributed by atoms with van der Waals surface area (Å²) in [7, 11) is 2.54. The first kappa shape index (κ1) is 19.9. The van der Waals surface area contributed by atoms with Crippen LogP contribution in [-0.2, 0) is 14.3 Å². The molecular weight excluding hydrogens is 336 g/mol. The maximum Gasteiger partial charge on any atom is 0.339 e. The average Bonchev–Trinajstić information content (AvgIpc) is 2.62. The first-order valence-electron chi connectivity index (χ1n) is 8.88. The van der Waals surface area contributed by atoms with Gasteiger partial charge in [0.25, 0.3) is 0 Å². The van der Waals surface area contributed by atoms with Crippen LogP contribution in [0.15, 0.2) is 18.2 Å². The summed E-state index contributed by atoms with van der Waals surface area (Å²) in [4.78, 5) is 38.3. The predicted molar refractivity (Wildman–Crippen MR) is 97.3 cm³/mol. The van der Waals surface area contributed by atoms with Gasteiger partial charge in [-0.15, -0.1) is 0 Å². The molecule has 1 fully saturated rings. The minimum atomic E-state index is -0.581. The summed E-state index contributed by atoms with van der Waals surface area (Å²) >= 11 is 0. The number of rotatable bonds is 5. The van der Waals surface area contributed by atoms with E-state index in [0.717, 1.165) is 25.9 Å². The third-order valence-electron chi connectivity index (χ3n) is 4.44. The lowest BCUT2D eigenvalue weighted by atomic mass is 10.1. The van der Waals surface area contributed by atoms with Crippen molar-refractivity contribution in [2.75, 3.05) is 39.2 Å². The van der Waals surface area contributed by atoms with Crippen LogP contribution in [0.4, 0.5) is 5.69 Å². The SMILES string of the molecule is COC(=O)c1ccc(C(=O)OC)c(NC(=O)CN2CCCCCCC2)c1. The van der Waals surface area contributed by atoms with Crippen LogP contribution in [0, 0.1) is 0 Å². The fraction of sp³-hybridized carbons (Fsp3) is 0.526. The zero-order valence-corrected chi connectivity index (χ0v) is 15.4. The molecule has 7 nitrogen and oxygen atoms in total. The van der Waals surface area contributed by atoms with Crippen molar-refractivity contribution in [1.29, 1.82) is 0 Å². The highest BCUT2D eigenvalue weighted by molar-refractivity contribution is 6.03. The standard InChI is InChI=1S/C19H26N2O5/c1-25-18(23)14-8-9-15(19(24)26-2)16(12-14)20-17(22)13-21-10-6-4-3-5-7-11-21/h8-9,12H,3-7,10-11,13H2,1-2H3,(H,20,22). The molecule has 26 heavy (non-hydrogen) atoms. The molecule has 1 aromatic carbocycles. The number of carbonyl (C=O) groups excluding carboxylic acids is 3. The monoisotopic (exact) mass is 362 g/mol. The van der Waals surface area contributed by atoms with E-state index >= 15 is 0 Å². The Bertz CT molecular complexity index is 651. The van der Waals surface area contributed by atoms with Gasteiger partial charge in [-0.3, -0.25) is 9.69 Å². The predicted octanol–water partition coefficient (Wildman–Crippen LogP) is 2.46. The van der Waals surface area contributed by atoms with Crippen molar-refractivity contribution in [1.82, 2.24) is 4.90 Å². The van der Waals surface area contributed by atoms with E-state index in [1.807, 2.05) is 0 Å². The molecule has 0 spiro atoms. The van der Waals surface area contributed by atoms with E-state index < -0.39 is 11.9 Å². The molecule has 1 N–H and O–H groups in total. The van der Waals surface area contributed by atoms with Crippen LogP contribution in [0.1, 0.15) is 52.8 Å². The van der Waals surface area contributed by atoms with Gasteiger partial charge in [-0.2, -0.15) is 0 Å². The number of ether oxygens (including phenoxy) is 2. The molecule has 1 aromatic rings. The van der Waals surface area contributed by atoms with Gasteiger partial charge in [0.2, 0.25) is 5.91 Å². The Morgan fingerprint density at radius 1 is 0.962 bits per heavy atom. The molecule has 1 aliphatic rings. The Balaban J connectivity index is 2.12. The molecule has 0 atom stereocenters. The summed E-state index contributed by atoms with van der Waals surface area (Å²) in [5, 5.41) is 2.74. The molecule has 0 unspecified atom stereocenters. The summed E-state index contributed by atoms with van der Waals surface area (Å²) in [5.74, 6) is -1.35. The van der Waals surface area contributed by atoms with E-state index in [1.54, 1.807) is 0 Å². The molecule has 0 aliphatic carbocycles. The van der Waals surface area contributed by atoms with Crippen LogP contribution in [0.3, 0.4) is 0 Å². The van der Waals surface area contributed by atoms with Crippen molar-refractivity contribution in [2.45, 2.75) is 32.1 Å². The summed E-state index contributed by atoms with van der Waals surface area (Å²) < 4.78 is 9.44. The van der Waals surface area contributed by atoms with Gasteiger partial charge in [0, 0.05) is 0 Å². The van der Waals surface area contributed by atoms with Crippen LogP contribution in [-0.4, -0.2) is 56.6 Å². The Hall–Kier alpha value is -2.41. The maximum atomic E-state index is 12.5. The molecule has 0 bridgehead atoms. The first-order chi connectivity index (χ1) is 12.5. The number of hydrogen-bond acceptors (Lipinski definition) is 6. The quantitative estimate of drug-likeness (QED) is 0.810. The van der Waals surface area contributed by atoms with E-state index in [1.165, 1.54) is 51.7 Å². The van der Waals surface area contributed by atoms with E-state index in [4.69, 9.17) is 9.47 Å². The van der Waals surface area contributed by atoms with Crippen LogP contribution in [0.5, 0.6) is 0 Å². The fourth-order valence-electron chi connectivity index (χ4n) is 3.04. The molecule has 1 heterocycles. The number of hydrogen-bond donors (Lipinski definition) is 1. The van der Waals surface area contributed by atoms with Crippen LogP contribution in [0.25, 0.3) is 0 Å². The molecule has 0 radical (unpaired) electrons. The highest BCUT2D eigenvalue weighted by atomic mass is 16.5.